The molecule has 3 aliphatic carbocycles. The molecule has 2 unspecified atom stereocenters. The van der Waals surface area contributed by atoms with Crippen LogP contribution in [0.5, 0.6) is 5.75 Å². The summed E-state index contributed by atoms with van der Waals surface area (Å²) in [4.78, 5) is 113. The molecule has 756 valence electrons. The van der Waals surface area contributed by atoms with Crippen LogP contribution in [0.3, 0.4) is 0 Å². The summed E-state index contributed by atoms with van der Waals surface area (Å²) < 4.78 is 28.5. The molecule has 0 spiro atoms. The number of aromatic amines is 10. The van der Waals surface area contributed by atoms with Gasteiger partial charge in [0.1, 0.15) is 98.0 Å². The predicted molar refractivity (Wildman–Crippen MR) is 573 cm³/mol. The number of aliphatic hydroxyl groups is 2. The van der Waals surface area contributed by atoms with Crippen molar-refractivity contribution in [2.24, 2.45) is 5.73 Å². The van der Waals surface area contributed by atoms with Gasteiger partial charge in [-0.25, -0.2) is 0 Å². The van der Waals surface area contributed by atoms with E-state index < -0.39 is 46.0 Å². The lowest BCUT2D eigenvalue weighted by molar-refractivity contribution is -0.146. The van der Waals surface area contributed by atoms with E-state index in [4.69, 9.17) is 51.1 Å². The average Bonchev–Trinajstić information content (AvgIpc) is 1.12. The Labute approximate surface area is 856 Å². The van der Waals surface area contributed by atoms with Crippen LogP contribution in [0.4, 0.5) is 29.7 Å². The molecule has 5 aliphatic rings. The van der Waals surface area contributed by atoms with E-state index >= 15 is 0 Å². The van der Waals surface area contributed by atoms with Crippen LogP contribution in [0.15, 0.2) is 364 Å². The number of hydrogen-bond acceptors (Lipinski definition) is 27. The second-order valence-corrected chi connectivity index (χ2v) is 37.0. The number of H-pyrrole nitrogens is 10. The highest BCUT2D eigenvalue weighted by Gasteiger charge is 2.48. The zero-order valence-electron chi connectivity index (χ0n) is 81.8. The first-order valence-corrected chi connectivity index (χ1v) is 48.3. The topological polar surface area (TPSA) is 580 Å². The first-order valence-electron chi connectivity index (χ1n) is 48.3. The number of nitriles is 2. The number of methoxy groups -OCH3 is 1. The molecular formula is C113H107N25O12. The van der Waals surface area contributed by atoms with Gasteiger partial charge in [0.25, 0.3) is 27.8 Å². The quantitative estimate of drug-likeness (QED) is 0.0221. The van der Waals surface area contributed by atoms with E-state index in [1.165, 1.54) is 25.6 Å². The molecule has 2 aliphatic heterocycles. The number of hydrogen-bond donors (Lipinski definition) is 20. The highest BCUT2D eigenvalue weighted by atomic mass is 16.8. The van der Waals surface area contributed by atoms with Crippen molar-refractivity contribution in [1.29, 1.82) is 10.5 Å². The normalized spacial score (nSPS) is 18.4. The Balaban J connectivity index is 0.000000119. The molecule has 12 heterocycles. The fraction of sp³-hybridized carbons (Fsp3) is 0.186. The molecule has 0 amide bonds. The zero-order chi connectivity index (χ0) is 104. The fourth-order valence-electron chi connectivity index (χ4n) is 19.7. The molecule has 24 rings (SSSR count). The molecule has 9 aromatic carbocycles. The molecule has 0 radical (unpaired) electrons. The van der Waals surface area contributed by atoms with Crippen molar-refractivity contribution < 1.29 is 33.9 Å². The monoisotopic (exact) mass is 2010 g/mol. The lowest BCUT2D eigenvalue weighted by Crippen LogP contribution is -2.40. The van der Waals surface area contributed by atoms with Crippen LogP contribution in [0, 0.1) is 22.7 Å². The van der Waals surface area contributed by atoms with Gasteiger partial charge in [-0.3, -0.25) is 48.9 Å². The van der Waals surface area contributed by atoms with Gasteiger partial charge in [-0.05, 0) is 88.9 Å². The molecular weight excluding hydrogens is 1900 g/mol. The molecule has 37 nitrogen and oxygen atoms in total. The first-order chi connectivity index (χ1) is 72.7. The van der Waals surface area contributed by atoms with Crippen LogP contribution < -0.4 is 76.3 Å². The Morgan fingerprint density at radius 3 is 1.00 bits per heavy atom. The average molecular weight is 2010 g/mol. The summed E-state index contributed by atoms with van der Waals surface area (Å²) in [5.41, 5.74) is 25.8. The molecule has 23 N–H and O–H groups in total. The van der Waals surface area contributed by atoms with Crippen LogP contribution in [0.2, 0.25) is 0 Å². The van der Waals surface area contributed by atoms with Gasteiger partial charge in [0, 0.05) is 44.1 Å². The van der Waals surface area contributed by atoms with E-state index in [1.54, 1.807) is 18.5 Å². The maximum atomic E-state index is 13.6. The first kappa shape index (κ1) is 100. The molecule has 2 saturated heterocycles. The second-order valence-electron chi connectivity index (χ2n) is 37.0. The number of nitrogen functional groups attached to an aromatic ring is 2. The van der Waals surface area contributed by atoms with Gasteiger partial charge in [-0.1, -0.05) is 309 Å². The smallest absolute Gasteiger partial charge is 0.265 e. The fourth-order valence-corrected chi connectivity index (χ4v) is 19.7. The Morgan fingerprint density at radius 2 is 0.647 bits per heavy atom. The summed E-state index contributed by atoms with van der Waals surface area (Å²) in [6.45, 7) is 8.50. The number of aliphatic hydroxyl groups excluding tert-OH is 2. The number of nitrogens with one attached hydrogen (secondary N) is 15. The molecule has 2 fully saturated rings. The van der Waals surface area contributed by atoms with Crippen LogP contribution in [-0.2, 0) is 48.7 Å². The van der Waals surface area contributed by atoms with Gasteiger partial charge in [0.15, 0.2) is 23.0 Å². The summed E-state index contributed by atoms with van der Waals surface area (Å²) >= 11 is 0. The van der Waals surface area contributed by atoms with Crippen molar-refractivity contribution in [2.45, 2.75) is 124 Å². The maximum Gasteiger partial charge on any atom is 0.265 e. The maximum absolute atomic E-state index is 13.6. The van der Waals surface area contributed by atoms with Gasteiger partial charge in [0.2, 0.25) is 29.7 Å². The van der Waals surface area contributed by atoms with Gasteiger partial charge in [0.05, 0.1) is 53.2 Å². The Hall–Kier alpha value is -18.3. The van der Waals surface area contributed by atoms with E-state index in [1.807, 2.05) is 264 Å². The Bertz CT molecular complexity index is 8210. The SMILES string of the molecule is CC1(C)O[C@H]2C=CC(NCc3c[nH]c4nc(NC(c5ccccc5)(c5ccccc5)c5ccccc5)[nH]c(=O)c34)[C@H]2O1.CC1(C)O[C@H]2[C@H](C=C[C@@H]2N)O1.COc1c[nH]c2nc(NC(c3ccccc3)(c3ccccc3)c3ccccc3)[nH]c(=O)c12.N#Cc1c[nH]c2nc(N)[nH]c(=O)c12.N#Cc1c[nH]c2nc(NC(c3ccccc3)(c3ccccc3)c3ccccc3)[nH]c(=O)c12.Nc1nc2[nH]cc(CNC3C=C[C@H](O)[C@@H]3O)c2c(=O)[nH]1. The lowest BCUT2D eigenvalue weighted by atomic mass is 9.77. The number of ether oxygens (including phenoxy) is 5. The van der Waals surface area contributed by atoms with Crippen LogP contribution in [-0.4, -0.2) is 158 Å². The number of aromatic nitrogens is 15. The van der Waals surface area contributed by atoms with E-state index in [0.717, 1.165) is 61.2 Å². The molecule has 0 bridgehead atoms. The standard InChI is InChI=1S/C34H33N5O3.C26H19N5O.C26H22N4O2.C12H15N5O3.C8H13NO2.C7H5N5O/c1-33(2)41-27-19-18-26(29(27)42-33)35-20-22-21-36-30-28(22)31(40)38-32(37-30)39-34(23-12-6-3-7-13-23,24-14-8-4-9-15-24)25-16-10-5-11-17-25;27-16-18-17-28-23-22(18)24(32)30-25(29-23)31-26(19-10-4-1-5-11-19,20-12-6-2-7-13-20)21-14-8-3-9-15-21;1-32-21-17-27-23-22(21)24(31)29-25(28-23)30-26(18-11-5-2-6-12-18,19-13-7-3-8-14-19)20-15-9-4-10-16-20;13-12-16-10-8(11(20)17-12)5(4-15-10)3-14-6-1-2-7(18)9(6)19;1-8(2)10-6-4-3-5(9)7(6)11-8;8-1-3-2-10-5-4(3)6(13)12-7(9)11-5/h3-19,21,26-27,29,35H,20H2,1-2H3,(H3,36,37,38,39,40);1-15,17H,(H3,28,29,30,31,32);2-17H,1H3,(H3,27,28,29,30,31);1-2,4,6-7,9,14,18-19H,3H2,(H4,13,15,16,17,20);3-7H,9H2,1-2H3;2H,(H4,9,10,11,12,13)/t26?,27-,29+;;;6?,7-,9+;5-,6-,7+;/m0..00./s1. The van der Waals surface area contributed by atoms with E-state index in [-0.39, 0.29) is 98.6 Å². The lowest BCUT2D eigenvalue weighted by Gasteiger charge is -2.37. The number of benzene rings is 9. The summed E-state index contributed by atoms with van der Waals surface area (Å²) in [5, 5.41) is 56.2. The molecule has 19 aromatic rings. The molecule has 10 aromatic heterocycles. The minimum atomic E-state index is -0.882. The predicted octanol–water partition coefficient (Wildman–Crippen LogP) is 13.1. The third-order valence-electron chi connectivity index (χ3n) is 26.5. The highest BCUT2D eigenvalue weighted by molar-refractivity contribution is 5.86. The second kappa shape index (κ2) is 43.2. The number of nitrogens with zero attached hydrogens (tertiary/aromatic N) is 7. The number of nitrogens with two attached hydrogens (primary N) is 3. The Kier molecular flexibility index (Phi) is 28.9. The zero-order valence-corrected chi connectivity index (χ0v) is 81.8. The number of rotatable bonds is 22. The summed E-state index contributed by atoms with van der Waals surface area (Å²) in [5.74, 6) is 0.489. The molecule has 0 saturated carbocycles. The van der Waals surface area contributed by atoms with Crippen LogP contribution in [0.1, 0.15) is 100 Å². The van der Waals surface area contributed by atoms with Crippen molar-refractivity contribution in [3.8, 4) is 17.9 Å². The van der Waals surface area contributed by atoms with Crippen molar-refractivity contribution in [3.63, 3.8) is 0 Å². The molecule has 9 atom stereocenters. The third kappa shape index (κ3) is 20.6. The summed E-state index contributed by atoms with van der Waals surface area (Å²) in [6.07, 6.45) is 17.5. The summed E-state index contributed by atoms with van der Waals surface area (Å²) in [7, 11) is 1.53. The van der Waals surface area contributed by atoms with E-state index in [9.17, 15) is 39.4 Å². The minimum absolute atomic E-state index is 0.00164. The van der Waals surface area contributed by atoms with Gasteiger partial charge >= 0.3 is 0 Å². The van der Waals surface area contributed by atoms with Crippen molar-refractivity contribution in [3.05, 3.63) is 465 Å². The molecule has 37 heteroatoms. The van der Waals surface area contributed by atoms with Crippen LogP contribution >= 0.6 is 0 Å². The van der Waals surface area contributed by atoms with E-state index in [2.05, 4.69) is 175 Å². The number of anilines is 5. The van der Waals surface area contributed by atoms with Crippen molar-refractivity contribution >= 4 is 84.9 Å². The largest absolute Gasteiger partial charge is 0.494 e. The van der Waals surface area contributed by atoms with Crippen molar-refractivity contribution in [1.82, 2.24) is 85.4 Å². The third-order valence-corrected chi connectivity index (χ3v) is 26.5. The van der Waals surface area contributed by atoms with Gasteiger partial charge in [-0.15, -0.1) is 0 Å². The summed E-state index contributed by atoms with van der Waals surface area (Å²) in [6, 6.07) is 94.7. The highest BCUT2D eigenvalue weighted by Crippen LogP contribution is 2.45. The molecule has 150 heavy (non-hydrogen) atoms. The van der Waals surface area contributed by atoms with Gasteiger partial charge < -0.3 is 103 Å². The van der Waals surface area contributed by atoms with Crippen molar-refractivity contribution in [2.75, 3.05) is 34.5 Å². The minimum Gasteiger partial charge on any atom is -0.494 e. The Morgan fingerprint density at radius 1 is 0.360 bits per heavy atom. The van der Waals surface area contributed by atoms with Crippen LogP contribution in [0.25, 0.3) is 55.2 Å². The number of fused-ring (bicyclic) bond motifs is 7. The van der Waals surface area contributed by atoms with E-state index in [0.29, 0.717) is 81.1 Å². The van der Waals surface area contributed by atoms with Gasteiger partial charge in [-0.2, -0.15) is 35.4 Å².